The Balaban J connectivity index is 2.40. The van der Waals surface area contributed by atoms with Crippen LogP contribution in [-0.4, -0.2) is 32.6 Å². The molecule has 0 bridgehead atoms. The van der Waals surface area contributed by atoms with Gasteiger partial charge >= 0.3 is 0 Å². The number of rotatable bonds is 7. The highest BCUT2D eigenvalue weighted by molar-refractivity contribution is 5.81. The predicted octanol–water partition coefficient (Wildman–Crippen LogP) is 2.00. The van der Waals surface area contributed by atoms with Crippen LogP contribution >= 0.6 is 0 Å². The molecule has 0 radical (unpaired) electrons. The van der Waals surface area contributed by atoms with E-state index in [2.05, 4.69) is 53.6 Å². The molecule has 1 amide bonds. The third-order valence-corrected chi connectivity index (χ3v) is 3.14. The SMILES string of the molecule is CC(C)CNC(=O)C(C)NCc1ccc(N(C)C)cc1. The Morgan fingerprint density at radius 1 is 1.15 bits per heavy atom. The van der Waals surface area contributed by atoms with Gasteiger partial charge < -0.3 is 15.5 Å². The van der Waals surface area contributed by atoms with E-state index in [0.717, 1.165) is 6.54 Å². The van der Waals surface area contributed by atoms with Crippen LogP contribution < -0.4 is 15.5 Å². The predicted molar refractivity (Wildman–Crippen MR) is 84.9 cm³/mol. The van der Waals surface area contributed by atoms with Crippen LogP contribution in [0.3, 0.4) is 0 Å². The molecule has 1 rings (SSSR count). The van der Waals surface area contributed by atoms with E-state index in [1.54, 1.807) is 0 Å². The number of hydrogen-bond acceptors (Lipinski definition) is 3. The first-order valence-electron chi connectivity index (χ1n) is 7.17. The zero-order valence-electron chi connectivity index (χ0n) is 13.2. The number of amides is 1. The molecule has 2 N–H and O–H groups in total. The number of carbonyl (C=O) groups excluding carboxylic acids is 1. The lowest BCUT2D eigenvalue weighted by molar-refractivity contribution is -0.122. The van der Waals surface area contributed by atoms with Gasteiger partial charge in [-0.1, -0.05) is 26.0 Å². The first kappa shape index (κ1) is 16.5. The quantitative estimate of drug-likeness (QED) is 0.801. The van der Waals surface area contributed by atoms with Crippen molar-refractivity contribution < 1.29 is 4.79 Å². The fourth-order valence-electron chi connectivity index (χ4n) is 1.73. The minimum absolute atomic E-state index is 0.0589. The van der Waals surface area contributed by atoms with E-state index in [-0.39, 0.29) is 11.9 Å². The molecule has 0 spiro atoms. The molecular formula is C16H27N3O. The molecule has 0 aliphatic heterocycles. The Kier molecular flexibility index (Phi) is 6.52. The highest BCUT2D eigenvalue weighted by atomic mass is 16.2. The first-order valence-corrected chi connectivity index (χ1v) is 7.17. The average molecular weight is 277 g/mol. The van der Waals surface area contributed by atoms with Crippen molar-refractivity contribution in [3.8, 4) is 0 Å². The Labute approximate surface area is 122 Å². The molecule has 112 valence electrons. The molecule has 20 heavy (non-hydrogen) atoms. The van der Waals surface area contributed by atoms with Crippen molar-refractivity contribution in [1.29, 1.82) is 0 Å². The average Bonchev–Trinajstić information content (AvgIpc) is 2.42. The van der Waals surface area contributed by atoms with Crippen molar-refractivity contribution in [3.63, 3.8) is 0 Å². The molecular weight excluding hydrogens is 250 g/mol. The fraction of sp³-hybridized carbons (Fsp3) is 0.562. The smallest absolute Gasteiger partial charge is 0.236 e. The molecule has 0 aromatic heterocycles. The van der Waals surface area contributed by atoms with Gasteiger partial charge in [0.25, 0.3) is 0 Å². The second-order valence-electron chi connectivity index (χ2n) is 5.80. The van der Waals surface area contributed by atoms with Gasteiger partial charge in [-0.05, 0) is 30.5 Å². The maximum atomic E-state index is 11.8. The zero-order chi connectivity index (χ0) is 15.1. The third kappa shape index (κ3) is 5.61. The van der Waals surface area contributed by atoms with E-state index in [9.17, 15) is 4.79 Å². The van der Waals surface area contributed by atoms with Crippen molar-refractivity contribution >= 4 is 11.6 Å². The molecule has 0 saturated heterocycles. The molecule has 1 aromatic rings. The maximum absolute atomic E-state index is 11.8. The van der Waals surface area contributed by atoms with Gasteiger partial charge in [0.2, 0.25) is 5.91 Å². The van der Waals surface area contributed by atoms with Crippen LogP contribution in [0.5, 0.6) is 0 Å². The Morgan fingerprint density at radius 3 is 2.25 bits per heavy atom. The summed E-state index contributed by atoms with van der Waals surface area (Å²) in [5.74, 6) is 0.535. The monoisotopic (exact) mass is 277 g/mol. The van der Waals surface area contributed by atoms with Crippen molar-refractivity contribution in [3.05, 3.63) is 29.8 Å². The van der Waals surface area contributed by atoms with Gasteiger partial charge in [0.15, 0.2) is 0 Å². The van der Waals surface area contributed by atoms with Crippen LogP contribution in [0.2, 0.25) is 0 Å². The summed E-state index contributed by atoms with van der Waals surface area (Å²) in [5.41, 5.74) is 2.36. The highest BCUT2D eigenvalue weighted by Gasteiger charge is 2.11. The summed E-state index contributed by atoms with van der Waals surface area (Å²) in [6, 6.07) is 8.16. The lowest BCUT2D eigenvalue weighted by atomic mass is 10.2. The normalized spacial score (nSPS) is 12.3. The number of nitrogens with one attached hydrogen (secondary N) is 2. The fourth-order valence-corrected chi connectivity index (χ4v) is 1.73. The summed E-state index contributed by atoms with van der Waals surface area (Å²) in [4.78, 5) is 13.9. The largest absolute Gasteiger partial charge is 0.378 e. The van der Waals surface area contributed by atoms with Crippen LogP contribution in [0, 0.1) is 5.92 Å². The third-order valence-electron chi connectivity index (χ3n) is 3.14. The molecule has 1 aromatic carbocycles. The molecule has 0 aliphatic rings. The van der Waals surface area contributed by atoms with E-state index in [1.165, 1.54) is 11.3 Å². The van der Waals surface area contributed by atoms with Crippen LogP contribution in [-0.2, 0) is 11.3 Å². The second-order valence-corrected chi connectivity index (χ2v) is 5.80. The van der Waals surface area contributed by atoms with E-state index in [0.29, 0.717) is 12.5 Å². The molecule has 0 fully saturated rings. The molecule has 4 nitrogen and oxygen atoms in total. The number of hydrogen-bond donors (Lipinski definition) is 2. The molecule has 1 unspecified atom stereocenters. The van der Waals surface area contributed by atoms with Gasteiger partial charge in [0.1, 0.15) is 0 Å². The second kappa shape index (κ2) is 7.90. The van der Waals surface area contributed by atoms with Crippen molar-refractivity contribution in [1.82, 2.24) is 10.6 Å². The van der Waals surface area contributed by atoms with Crippen LogP contribution in [0.15, 0.2) is 24.3 Å². The van der Waals surface area contributed by atoms with Gasteiger partial charge in [0, 0.05) is 32.9 Å². The number of nitrogens with zero attached hydrogens (tertiary/aromatic N) is 1. The maximum Gasteiger partial charge on any atom is 0.236 e. The summed E-state index contributed by atoms with van der Waals surface area (Å²) in [5, 5.41) is 6.18. The summed E-state index contributed by atoms with van der Waals surface area (Å²) in [6.45, 7) is 7.49. The minimum Gasteiger partial charge on any atom is -0.378 e. The lowest BCUT2D eigenvalue weighted by Crippen LogP contribution is -2.42. The minimum atomic E-state index is -0.178. The van der Waals surface area contributed by atoms with Gasteiger partial charge in [-0.2, -0.15) is 0 Å². The van der Waals surface area contributed by atoms with Crippen LogP contribution in [0.1, 0.15) is 26.3 Å². The van der Waals surface area contributed by atoms with Crippen molar-refractivity contribution in [2.45, 2.75) is 33.4 Å². The lowest BCUT2D eigenvalue weighted by Gasteiger charge is -2.16. The van der Waals surface area contributed by atoms with Crippen molar-refractivity contribution in [2.75, 3.05) is 25.5 Å². The summed E-state index contributed by atoms with van der Waals surface area (Å²) >= 11 is 0. The standard InChI is InChI=1S/C16H27N3O/c1-12(2)10-18-16(20)13(3)17-11-14-6-8-15(9-7-14)19(4)5/h6-9,12-13,17H,10-11H2,1-5H3,(H,18,20). The Morgan fingerprint density at radius 2 is 1.75 bits per heavy atom. The van der Waals surface area contributed by atoms with Gasteiger partial charge in [-0.3, -0.25) is 4.79 Å². The number of carbonyl (C=O) groups is 1. The molecule has 0 saturated carbocycles. The molecule has 0 heterocycles. The summed E-state index contributed by atoms with van der Waals surface area (Å²) in [7, 11) is 4.04. The Hall–Kier alpha value is -1.55. The summed E-state index contributed by atoms with van der Waals surface area (Å²) in [6.07, 6.45) is 0. The topological polar surface area (TPSA) is 44.4 Å². The van der Waals surface area contributed by atoms with Crippen LogP contribution in [0.25, 0.3) is 0 Å². The van der Waals surface area contributed by atoms with Gasteiger partial charge in [-0.25, -0.2) is 0 Å². The summed E-state index contributed by atoms with van der Waals surface area (Å²) < 4.78 is 0. The molecule has 0 aliphatic carbocycles. The van der Waals surface area contributed by atoms with E-state index in [4.69, 9.17) is 0 Å². The molecule has 1 atom stereocenters. The highest BCUT2D eigenvalue weighted by Crippen LogP contribution is 2.12. The van der Waals surface area contributed by atoms with Gasteiger partial charge in [0.05, 0.1) is 6.04 Å². The molecule has 4 heteroatoms. The zero-order valence-corrected chi connectivity index (χ0v) is 13.2. The van der Waals surface area contributed by atoms with Crippen molar-refractivity contribution in [2.24, 2.45) is 5.92 Å². The first-order chi connectivity index (χ1) is 9.40. The van der Waals surface area contributed by atoms with Gasteiger partial charge in [-0.15, -0.1) is 0 Å². The van der Waals surface area contributed by atoms with E-state index < -0.39 is 0 Å². The van der Waals surface area contributed by atoms with E-state index >= 15 is 0 Å². The number of benzene rings is 1. The van der Waals surface area contributed by atoms with Crippen LogP contribution in [0.4, 0.5) is 5.69 Å². The Bertz CT molecular complexity index is 412. The van der Waals surface area contributed by atoms with E-state index in [1.807, 2.05) is 21.0 Å². The number of anilines is 1.